The highest BCUT2D eigenvalue weighted by molar-refractivity contribution is 8.76. The summed E-state index contributed by atoms with van der Waals surface area (Å²) in [4.78, 5) is 100. The zero-order valence-corrected chi connectivity index (χ0v) is 55.2. The van der Waals surface area contributed by atoms with E-state index >= 15 is 0 Å². The van der Waals surface area contributed by atoms with Gasteiger partial charge in [-0.15, -0.1) is 49.4 Å². The Kier molecular flexibility index (Phi) is 76.1. The Balaban J connectivity index is -0.000000186. The van der Waals surface area contributed by atoms with E-state index in [-0.39, 0.29) is 116 Å². The van der Waals surface area contributed by atoms with Crippen molar-refractivity contribution in [1.82, 2.24) is 20.4 Å². The molecule has 2 heterocycles. The van der Waals surface area contributed by atoms with Crippen molar-refractivity contribution in [3.05, 3.63) is 66.1 Å². The molecular weight excluding hydrogens is 1300 g/mol. The average Bonchev–Trinajstić information content (AvgIpc) is 3.00. The molecule has 0 aromatic heterocycles. The van der Waals surface area contributed by atoms with Crippen molar-refractivity contribution in [2.75, 3.05) is 90.6 Å². The summed E-state index contributed by atoms with van der Waals surface area (Å²) >= 11 is 0. The molecule has 0 bridgehead atoms. The number of amides is 6. The summed E-state index contributed by atoms with van der Waals surface area (Å²) in [5.41, 5.74) is 31.5. The third-order valence-corrected chi connectivity index (χ3v) is 13.5. The highest BCUT2D eigenvalue weighted by Crippen LogP contribution is 2.18. The molecule has 2 aliphatic heterocycles. The molecule has 8 unspecified atom stereocenters. The first-order valence-electron chi connectivity index (χ1n) is 27.0. The first-order chi connectivity index (χ1) is 43.7. The maximum Gasteiger partial charge on any atom is 0.308 e. The molecule has 2 aliphatic rings. The molecule has 34 nitrogen and oxygen atoms in total. The number of terminal acetylenes is 4. The van der Waals surface area contributed by atoms with Crippen molar-refractivity contribution in [3.8, 4) is 49.4 Å². The fraction of sp³-hybridized carbons (Fsp3) is 0.636. The van der Waals surface area contributed by atoms with E-state index in [0.29, 0.717) is 25.0 Å². The Morgan fingerprint density at radius 1 is 0.505 bits per heavy atom. The van der Waals surface area contributed by atoms with E-state index < -0.39 is 78.1 Å². The zero-order chi connectivity index (χ0) is 71.5. The zero-order valence-electron chi connectivity index (χ0n) is 51.9. The van der Waals surface area contributed by atoms with Crippen LogP contribution in [0, 0.1) is 49.4 Å². The fourth-order valence-corrected chi connectivity index (χ4v) is 7.51. The number of carbonyl (C=O) groups is 8. The van der Waals surface area contributed by atoms with Crippen LogP contribution in [0.2, 0.25) is 0 Å². The molecule has 0 saturated carbocycles. The van der Waals surface area contributed by atoms with Crippen LogP contribution in [0.4, 0.5) is 0 Å². The Morgan fingerprint density at radius 3 is 1.14 bits per heavy atom. The van der Waals surface area contributed by atoms with Crippen molar-refractivity contribution in [2.24, 2.45) is 20.5 Å². The molecule has 6 amide bonds. The van der Waals surface area contributed by atoms with E-state index in [1.807, 2.05) is 26.4 Å². The van der Waals surface area contributed by atoms with Crippen molar-refractivity contribution >= 4 is 90.6 Å². The van der Waals surface area contributed by atoms with Gasteiger partial charge < -0.3 is 61.0 Å². The number of rotatable bonds is 34. The van der Waals surface area contributed by atoms with E-state index in [0.717, 1.165) is 46.3 Å². The van der Waals surface area contributed by atoms with Crippen LogP contribution < -0.4 is 10.6 Å². The molecule has 10 N–H and O–H groups in total. The Hall–Kier alpha value is -7.80. The van der Waals surface area contributed by atoms with Gasteiger partial charge in [0.15, 0.2) is 0 Å². The SMILES string of the molecule is C.C#CCC(O)CC.C#CCC(O)CC(=O)OC.C#CCC(O)CNC(=O)CCN1C(=O)C=CC1=O.C#CCC(O)CSSC.CCC(O)CN=[N+]=[N-].COC(=O)CC(O)CN=[N+]=[N-].CSSCC(O)CN=[N+]=[N-].[N-]=[N+]=NCC(O)CNC(=O)CCN1C(=O)C=CC1=O. The van der Waals surface area contributed by atoms with Gasteiger partial charge in [-0.25, -0.2) is 0 Å². The van der Waals surface area contributed by atoms with Gasteiger partial charge in [0.05, 0.1) is 102 Å². The van der Waals surface area contributed by atoms with E-state index in [9.17, 15) is 48.6 Å². The molecule has 2 rings (SSSR count). The molecular formula is C55H88N16O18S4. The van der Waals surface area contributed by atoms with Gasteiger partial charge in [0.2, 0.25) is 11.8 Å². The molecule has 520 valence electrons. The van der Waals surface area contributed by atoms with Crippen LogP contribution in [0.3, 0.4) is 0 Å². The monoisotopic (exact) mass is 1390 g/mol. The van der Waals surface area contributed by atoms with E-state index in [4.69, 9.17) is 78.5 Å². The minimum Gasteiger partial charge on any atom is -0.469 e. The number of aliphatic hydroxyl groups excluding tert-OH is 8. The van der Waals surface area contributed by atoms with Gasteiger partial charge in [-0.1, -0.05) is 84.9 Å². The lowest BCUT2D eigenvalue weighted by Gasteiger charge is -2.14. The molecule has 0 aliphatic carbocycles. The standard InChI is InChI=1S/C12H14N2O4.C10H13N5O4.C7H10O3.C6H10OS2.C6H10O.C5H9N3O3.C4H9N3OS2.C4H9N3O.CH4/c1-2-3-9(15)8-13-10(16)6-7-14-11(17)4-5-12(14)18;11-14-13-6-7(16)5-12-8(17)3-4-15-9(18)1-2-10(15)19;1-3-4-6(8)5-7(9)10-2;1-3-4-6(7)5-9-8-2;1-3-5-6(7)4-2;1-11-5(10)2-4(9)3-7-8-6;1-9-10-3-4(8)2-6-7-5;1-2-4(8)3-6-7-5;/h1,4-5,9,15H,3,6-8H2,(H,13,16);1-2,7,16H,3-6H2,(H,12,17);1,6,8H,4-5H2,2H3;1,6-7H,4-5H2,2H3;1,6-7H,4-5H2,2H3;4,9H,2-3H2,1H3;4,8H,2-3H2,1H3;4,8H,2-3H2,1H3;1H4. The predicted molar refractivity (Wildman–Crippen MR) is 357 cm³/mol. The summed E-state index contributed by atoms with van der Waals surface area (Å²) in [5.74, 6) is 7.18. The second-order valence-electron chi connectivity index (χ2n) is 17.2. The molecule has 0 saturated heterocycles. The van der Waals surface area contributed by atoms with Gasteiger partial charge in [0, 0.05) is 120 Å². The van der Waals surface area contributed by atoms with Gasteiger partial charge in [-0.05, 0) is 47.5 Å². The van der Waals surface area contributed by atoms with Crippen LogP contribution in [0.25, 0.3) is 41.8 Å². The number of hydrogen-bond donors (Lipinski definition) is 10. The largest absolute Gasteiger partial charge is 0.469 e. The third-order valence-electron chi connectivity index (χ3n) is 9.79. The number of nitrogens with zero attached hydrogens (tertiary/aromatic N) is 14. The summed E-state index contributed by atoms with van der Waals surface area (Å²) in [7, 11) is 8.90. The number of nitrogens with one attached hydrogen (secondary N) is 2. The van der Waals surface area contributed by atoms with Crippen molar-refractivity contribution in [3.63, 3.8) is 0 Å². The normalized spacial score (nSPS) is 13.3. The van der Waals surface area contributed by atoms with Crippen LogP contribution in [0.1, 0.15) is 85.5 Å². The Bertz CT molecular complexity index is 2540. The summed E-state index contributed by atoms with van der Waals surface area (Å²) in [6.45, 7) is 3.87. The second-order valence-corrected chi connectivity index (χ2v) is 22.4. The molecule has 0 spiro atoms. The number of azide groups is 4. The lowest BCUT2D eigenvalue weighted by Crippen LogP contribution is -2.37. The van der Waals surface area contributed by atoms with Gasteiger partial charge in [0.25, 0.3) is 23.6 Å². The van der Waals surface area contributed by atoms with Gasteiger partial charge in [0.1, 0.15) is 0 Å². The van der Waals surface area contributed by atoms with Crippen molar-refractivity contribution in [1.29, 1.82) is 0 Å². The van der Waals surface area contributed by atoms with Gasteiger partial charge >= 0.3 is 11.9 Å². The Morgan fingerprint density at radius 2 is 0.806 bits per heavy atom. The molecule has 0 radical (unpaired) electrons. The predicted octanol–water partition coefficient (Wildman–Crippen LogP) is 3.58. The van der Waals surface area contributed by atoms with Crippen molar-refractivity contribution in [2.45, 2.75) is 134 Å². The van der Waals surface area contributed by atoms with Gasteiger partial charge in [-0.3, -0.25) is 48.2 Å². The number of aliphatic hydroxyl groups is 8. The molecule has 93 heavy (non-hydrogen) atoms. The van der Waals surface area contributed by atoms with Crippen LogP contribution >= 0.6 is 43.2 Å². The maximum absolute atomic E-state index is 11.4. The molecule has 38 heteroatoms. The molecule has 0 aromatic rings. The summed E-state index contributed by atoms with van der Waals surface area (Å²) in [5, 5.41) is 89.3. The van der Waals surface area contributed by atoms with Crippen LogP contribution in [0.15, 0.2) is 44.8 Å². The first-order valence-corrected chi connectivity index (χ1v) is 32.5. The molecule has 0 aromatic carbocycles. The second kappa shape index (κ2) is 71.6. The number of methoxy groups -OCH3 is 2. The summed E-state index contributed by atoms with van der Waals surface area (Å²) in [6.07, 6.45) is 25.7. The quantitative estimate of drug-likeness (QED) is 0.00837. The molecule has 8 atom stereocenters. The van der Waals surface area contributed by atoms with Crippen molar-refractivity contribution < 1.29 is 88.7 Å². The number of imide groups is 2. The maximum atomic E-state index is 11.4. The lowest BCUT2D eigenvalue weighted by atomic mass is 10.2. The number of esters is 2. The first kappa shape index (κ1) is 98.8. The van der Waals surface area contributed by atoms with E-state index in [1.54, 1.807) is 43.2 Å². The average molecular weight is 1390 g/mol. The smallest absolute Gasteiger partial charge is 0.308 e. The number of carbonyl (C=O) groups excluding carboxylic acids is 8. The molecule has 0 fully saturated rings. The number of hydrogen-bond acceptors (Lipinski definition) is 26. The van der Waals surface area contributed by atoms with Gasteiger partial charge in [-0.2, -0.15) is 0 Å². The topological polar surface area (TPSA) is 542 Å². The lowest BCUT2D eigenvalue weighted by molar-refractivity contribution is -0.143. The van der Waals surface area contributed by atoms with Crippen LogP contribution in [-0.2, 0) is 47.8 Å². The minimum atomic E-state index is -0.962. The van der Waals surface area contributed by atoms with E-state index in [2.05, 4.69) is 83.9 Å². The highest BCUT2D eigenvalue weighted by atomic mass is 33.1. The van der Waals surface area contributed by atoms with Crippen LogP contribution in [-0.4, -0.2) is 237 Å². The van der Waals surface area contributed by atoms with E-state index in [1.165, 1.54) is 14.2 Å². The Labute approximate surface area is 557 Å². The van der Waals surface area contributed by atoms with Crippen LogP contribution in [0.5, 0.6) is 0 Å². The minimum absolute atomic E-state index is 0. The number of ether oxygens (including phenoxy) is 2. The summed E-state index contributed by atoms with van der Waals surface area (Å²) < 4.78 is 8.57. The summed E-state index contributed by atoms with van der Waals surface area (Å²) in [6, 6.07) is 0. The third kappa shape index (κ3) is 69.9. The highest BCUT2D eigenvalue weighted by Gasteiger charge is 2.25. The fourth-order valence-electron chi connectivity index (χ4n) is 4.94.